The van der Waals surface area contributed by atoms with E-state index < -0.39 is 0 Å². The van der Waals surface area contributed by atoms with E-state index in [0.29, 0.717) is 5.25 Å². The zero-order valence-corrected chi connectivity index (χ0v) is 15.3. The van der Waals surface area contributed by atoms with E-state index >= 15 is 0 Å². The fraction of sp³-hybridized carbons (Fsp3) is 0.286. The van der Waals surface area contributed by atoms with Crippen molar-refractivity contribution in [1.29, 1.82) is 0 Å². The third kappa shape index (κ3) is 3.80. The van der Waals surface area contributed by atoms with Gasteiger partial charge >= 0.3 is 0 Å². The van der Waals surface area contributed by atoms with E-state index in [-0.39, 0.29) is 0 Å². The van der Waals surface area contributed by atoms with Crippen LogP contribution in [-0.2, 0) is 20.0 Å². The van der Waals surface area contributed by atoms with Crippen LogP contribution in [0, 0.1) is 0 Å². The van der Waals surface area contributed by atoms with Gasteiger partial charge in [0.1, 0.15) is 0 Å². The van der Waals surface area contributed by atoms with Gasteiger partial charge in [-0.05, 0) is 34.4 Å². The molecule has 0 aliphatic carbocycles. The number of aromatic nitrogens is 2. The molecule has 0 bridgehead atoms. The summed E-state index contributed by atoms with van der Waals surface area (Å²) in [4.78, 5) is 0. The number of thioether (sulfide) groups is 1. The van der Waals surface area contributed by atoms with Crippen molar-refractivity contribution in [3.05, 3.63) is 77.6 Å². The minimum absolute atomic E-state index is 0.569. The lowest BCUT2D eigenvalue weighted by Gasteiger charge is -2.25. The lowest BCUT2D eigenvalue weighted by atomic mass is 10.0. The highest BCUT2D eigenvalue weighted by Gasteiger charge is 2.19. The van der Waals surface area contributed by atoms with Gasteiger partial charge in [0, 0.05) is 37.1 Å². The summed E-state index contributed by atoms with van der Waals surface area (Å²) in [5.74, 6) is 1.23. The number of nitrogens with one attached hydrogen (secondary N) is 1. The van der Waals surface area contributed by atoms with E-state index in [4.69, 9.17) is 0 Å². The largest absolute Gasteiger partial charge is 0.311 e. The van der Waals surface area contributed by atoms with Crippen LogP contribution in [0.2, 0.25) is 0 Å². The molecular formula is C21H23N3S. The number of hydrogen-bond acceptors (Lipinski definition) is 3. The Kier molecular flexibility index (Phi) is 4.90. The second kappa shape index (κ2) is 7.46. The minimum Gasteiger partial charge on any atom is -0.311 e. The van der Waals surface area contributed by atoms with E-state index in [1.165, 1.54) is 34.4 Å². The number of aryl methyl sites for hydroxylation is 2. The Morgan fingerprint density at radius 2 is 1.96 bits per heavy atom. The maximum Gasteiger partial charge on any atom is 0.0568 e. The summed E-state index contributed by atoms with van der Waals surface area (Å²) >= 11 is 2.07. The van der Waals surface area contributed by atoms with Gasteiger partial charge in [0.05, 0.1) is 6.20 Å². The number of nitrogens with zero attached hydrogens (tertiary/aromatic N) is 2. The lowest BCUT2D eigenvalue weighted by molar-refractivity contribution is 0.673. The molecule has 0 amide bonds. The molecule has 1 atom stereocenters. The van der Waals surface area contributed by atoms with Crippen LogP contribution in [0.15, 0.2) is 60.9 Å². The Bertz CT molecular complexity index is 838. The third-order valence-corrected chi connectivity index (χ3v) is 6.01. The first kappa shape index (κ1) is 16.4. The van der Waals surface area contributed by atoms with Crippen molar-refractivity contribution in [2.24, 2.45) is 7.05 Å². The fourth-order valence-electron chi connectivity index (χ4n) is 3.38. The van der Waals surface area contributed by atoms with Gasteiger partial charge in [-0.15, -0.1) is 0 Å². The Balaban J connectivity index is 1.35. The van der Waals surface area contributed by atoms with Crippen LogP contribution in [0.1, 0.15) is 21.9 Å². The van der Waals surface area contributed by atoms with Crippen molar-refractivity contribution in [2.75, 3.05) is 12.3 Å². The Labute approximate surface area is 153 Å². The first-order chi connectivity index (χ1) is 12.3. The van der Waals surface area contributed by atoms with Gasteiger partial charge in [-0.1, -0.05) is 48.5 Å². The summed E-state index contributed by atoms with van der Waals surface area (Å²) in [7, 11) is 1.95. The van der Waals surface area contributed by atoms with Crippen molar-refractivity contribution >= 4 is 11.8 Å². The molecule has 1 aliphatic heterocycles. The molecule has 1 aliphatic rings. The fourth-order valence-corrected chi connectivity index (χ4v) is 4.65. The third-order valence-electron chi connectivity index (χ3n) is 4.74. The Morgan fingerprint density at radius 3 is 2.76 bits per heavy atom. The summed E-state index contributed by atoms with van der Waals surface area (Å²) in [6, 6.07) is 17.7. The smallest absolute Gasteiger partial charge is 0.0568 e. The zero-order chi connectivity index (χ0) is 17.1. The van der Waals surface area contributed by atoms with Crippen molar-refractivity contribution in [2.45, 2.75) is 18.2 Å². The van der Waals surface area contributed by atoms with Crippen LogP contribution in [-0.4, -0.2) is 22.1 Å². The summed E-state index contributed by atoms with van der Waals surface area (Å²) in [5.41, 5.74) is 6.74. The first-order valence-corrected chi connectivity index (χ1v) is 9.82. The average molecular weight is 350 g/mol. The van der Waals surface area contributed by atoms with Crippen LogP contribution in [0.3, 0.4) is 0 Å². The van der Waals surface area contributed by atoms with Crippen LogP contribution >= 0.6 is 11.8 Å². The standard InChI is InChI=1S/C21H23N3S/c1-24-15-19(13-23-24)17-8-6-16(7-9-17)12-22-14-21-20-5-3-2-4-18(20)10-11-25-21/h2-9,13,15,21-22H,10-12,14H2,1H3. The van der Waals surface area contributed by atoms with Crippen molar-refractivity contribution < 1.29 is 0 Å². The summed E-state index contributed by atoms with van der Waals surface area (Å²) < 4.78 is 1.84. The van der Waals surface area contributed by atoms with Crippen molar-refractivity contribution in [3.63, 3.8) is 0 Å². The molecule has 1 unspecified atom stereocenters. The summed E-state index contributed by atoms with van der Waals surface area (Å²) in [5, 5.41) is 8.44. The van der Waals surface area contributed by atoms with E-state index in [9.17, 15) is 0 Å². The predicted molar refractivity (Wildman–Crippen MR) is 106 cm³/mol. The van der Waals surface area contributed by atoms with Gasteiger partial charge in [-0.25, -0.2) is 0 Å². The van der Waals surface area contributed by atoms with Gasteiger partial charge in [-0.3, -0.25) is 4.68 Å². The van der Waals surface area contributed by atoms with Crippen molar-refractivity contribution in [3.8, 4) is 11.1 Å². The molecule has 128 valence electrons. The molecule has 0 radical (unpaired) electrons. The topological polar surface area (TPSA) is 29.9 Å². The molecule has 4 rings (SSSR count). The SMILES string of the molecule is Cn1cc(-c2ccc(CNCC3SCCc4ccccc43)cc2)cn1. The van der Waals surface area contributed by atoms with Gasteiger partial charge in [0.25, 0.3) is 0 Å². The van der Waals surface area contributed by atoms with E-state index in [1.54, 1.807) is 0 Å². The summed E-state index contributed by atoms with van der Waals surface area (Å²) in [6.45, 7) is 1.93. The molecule has 3 aromatic rings. The van der Waals surface area contributed by atoms with Crippen LogP contribution in [0.5, 0.6) is 0 Å². The van der Waals surface area contributed by atoms with Crippen LogP contribution < -0.4 is 5.32 Å². The molecule has 0 spiro atoms. The van der Waals surface area contributed by atoms with Gasteiger partial charge < -0.3 is 5.32 Å². The van der Waals surface area contributed by atoms with Gasteiger partial charge in [-0.2, -0.15) is 16.9 Å². The average Bonchev–Trinajstić information content (AvgIpc) is 3.09. The molecule has 0 saturated carbocycles. The Hall–Kier alpha value is -2.04. The second-order valence-electron chi connectivity index (χ2n) is 6.54. The molecule has 0 saturated heterocycles. The molecule has 1 aromatic heterocycles. The lowest BCUT2D eigenvalue weighted by Crippen LogP contribution is -2.22. The zero-order valence-electron chi connectivity index (χ0n) is 14.5. The highest BCUT2D eigenvalue weighted by atomic mass is 32.2. The van der Waals surface area contributed by atoms with E-state index in [2.05, 4.69) is 70.7 Å². The molecule has 3 nitrogen and oxygen atoms in total. The van der Waals surface area contributed by atoms with Gasteiger partial charge in [0.2, 0.25) is 0 Å². The predicted octanol–water partition coefficient (Wildman–Crippen LogP) is 4.21. The normalized spacial score (nSPS) is 16.6. The van der Waals surface area contributed by atoms with Crippen molar-refractivity contribution in [1.82, 2.24) is 15.1 Å². The second-order valence-corrected chi connectivity index (χ2v) is 7.85. The number of fused-ring (bicyclic) bond motifs is 1. The summed E-state index contributed by atoms with van der Waals surface area (Å²) in [6.07, 6.45) is 5.16. The van der Waals surface area contributed by atoms with Crippen LogP contribution in [0.4, 0.5) is 0 Å². The highest BCUT2D eigenvalue weighted by molar-refractivity contribution is 7.99. The minimum atomic E-state index is 0.569. The molecular weight excluding hydrogens is 326 g/mol. The molecule has 1 N–H and O–H groups in total. The first-order valence-electron chi connectivity index (χ1n) is 8.78. The van der Waals surface area contributed by atoms with E-state index in [1.807, 2.05) is 24.1 Å². The molecule has 4 heteroatoms. The quantitative estimate of drug-likeness (QED) is 0.748. The highest BCUT2D eigenvalue weighted by Crippen LogP contribution is 2.36. The van der Waals surface area contributed by atoms with E-state index in [0.717, 1.165) is 18.7 Å². The number of benzene rings is 2. The molecule has 25 heavy (non-hydrogen) atoms. The molecule has 2 heterocycles. The Morgan fingerprint density at radius 1 is 1.12 bits per heavy atom. The molecule has 2 aromatic carbocycles. The number of hydrogen-bond donors (Lipinski definition) is 1. The maximum atomic E-state index is 4.24. The van der Waals surface area contributed by atoms with Gasteiger partial charge in [0.15, 0.2) is 0 Å². The molecule has 0 fully saturated rings. The van der Waals surface area contributed by atoms with Crippen LogP contribution in [0.25, 0.3) is 11.1 Å². The monoisotopic (exact) mass is 349 g/mol. The maximum absolute atomic E-state index is 4.24. The number of rotatable bonds is 5.